The van der Waals surface area contributed by atoms with E-state index < -0.39 is 5.82 Å². The SMILES string of the molecule is Cc1ccc(O)c(Br)c1F. The predicted molar refractivity (Wildman–Crippen MR) is 40.5 cm³/mol. The van der Waals surface area contributed by atoms with E-state index in [2.05, 4.69) is 15.9 Å². The van der Waals surface area contributed by atoms with E-state index in [9.17, 15) is 4.39 Å². The molecule has 0 saturated heterocycles. The molecular formula is C7H6BrFO. The second-order valence-electron chi connectivity index (χ2n) is 2.03. The van der Waals surface area contributed by atoms with Crippen molar-refractivity contribution in [3.8, 4) is 5.75 Å². The molecular weight excluding hydrogens is 199 g/mol. The first-order valence-electron chi connectivity index (χ1n) is 2.76. The molecule has 0 aliphatic carbocycles. The Morgan fingerprint density at radius 1 is 1.50 bits per heavy atom. The summed E-state index contributed by atoms with van der Waals surface area (Å²) in [5, 5.41) is 8.94. The van der Waals surface area contributed by atoms with Crippen molar-refractivity contribution >= 4 is 15.9 Å². The maximum absolute atomic E-state index is 12.8. The number of halogens is 2. The Kier molecular flexibility index (Phi) is 1.94. The molecule has 0 amide bonds. The largest absolute Gasteiger partial charge is 0.507 e. The molecule has 0 aliphatic rings. The van der Waals surface area contributed by atoms with Crippen LogP contribution in [0, 0.1) is 12.7 Å². The van der Waals surface area contributed by atoms with Crippen LogP contribution in [0.1, 0.15) is 5.56 Å². The minimum absolute atomic E-state index is 0.0666. The van der Waals surface area contributed by atoms with Crippen molar-refractivity contribution in [2.45, 2.75) is 6.92 Å². The summed E-state index contributed by atoms with van der Waals surface area (Å²) in [5.41, 5.74) is 0.518. The van der Waals surface area contributed by atoms with Gasteiger partial charge in [0.05, 0.1) is 4.47 Å². The van der Waals surface area contributed by atoms with Crippen LogP contribution in [0.25, 0.3) is 0 Å². The van der Waals surface area contributed by atoms with Crippen LogP contribution in [0.5, 0.6) is 5.75 Å². The Labute approximate surface area is 66.6 Å². The molecule has 54 valence electrons. The first-order valence-corrected chi connectivity index (χ1v) is 3.56. The number of aromatic hydroxyl groups is 1. The fourth-order valence-corrected chi connectivity index (χ4v) is 1.08. The molecule has 0 spiro atoms. The van der Waals surface area contributed by atoms with Crippen molar-refractivity contribution in [3.63, 3.8) is 0 Å². The van der Waals surface area contributed by atoms with Crippen LogP contribution in [-0.2, 0) is 0 Å². The van der Waals surface area contributed by atoms with Gasteiger partial charge in [0, 0.05) is 0 Å². The van der Waals surface area contributed by atoms with Crippen LogP contribution in [0.3, 0.4) is 0 Å². The highest BCUT2D eigenvalue weighted by molar-refractivity contribution is 9.10. The van der Waals surface area contributed by atoms with E-state index in [1.807, 2.05) is 0 Å². The molecule has 1 rings (SSSR count). The summed E-state index contributed by atoms with van der Waals surface area (Å²) in [5.74, 6) is -0.469. The normalized spacial score (nSPS) is 9.90. The highest BCUT2D eigenvalue weighted by Gasteiger charge is 2.05. The zero-order valence-electron chi connectivity index (χ0n) is 5.36. The summed E-state index contributed by atoms with van der Waals surface area (Å²) >= 11 is 2.90. The van der Waals surface area contributed by atoms with Gasteiger partial charge in [-0.3, -0.25) is 0 Å². The minimum Gasteiger partial charge on any atom is -0.507 e. The zero-order chi connectivity index (χ0) is 7.72. The van der Waals surface area contributed by atoms with Crippen molar-refractivity contribution in [2.75, 3.05) is 0 Å². The Morgan fingerprint density at radius 3 is 2.60 bits per heavy atom. The van der Waals surface area contributed by atoms with Gasteiger partial charge in [-0.15, -0.1) is 0 Å². The highest BCUT2D eigenvalue weighted by atomic mass is 79.9. The lowest BCUT2D eigenvalue weighted by atomic mass is 10.2. The van der Waals surface area contributed by atoms with E-state index in [-0.39, 0.29) is 10.2 Å². The molecule has 0 radical (unpaired) electrons. The predicted octanol–water partition coefficient (Wildman–Crippen LogP) is 2.60. The summed E-state index contributed by atoms with van der Waals surface area (Å²) in [6.07, 6.45) is 0. The van der Waals surface area contributed by atoms with Gasteiger partial charge in [-0.05, 0) is 34.5 Å². The van der Waals surface area contributed by atoms with Crippen LogP contribution in [0.4, 0.5) is 4.39 Å². The van der Waals surface area contributed by atoms with Crippen LogP contribution in [-0.4, -0.2) is 5.11 Å². The van der Waals surface area contributed by atoms with Gasteiger partial charge in [-0.25, -0.2) is 4.39 Å². The lowest BCUT2D eigenvalue weighted by Crippen LogP contribution is -1.82. The molecule has 1 N–H and O–H groups in total. The van der Waals surface area contributed by atoms with E-state index in [0.29, 0.717) is 5.56 Å². The van der Waals surface area contributed by atoms with Gasteiger partial charge in [0.2, 0.25) is 0 Å². The fourth-order valence-electron chi connectivity index (χ4n) is 0.636. The van der Waals surface area contributed by atoms with Crippen molar-refractivity contribution in [1.29, 1.82) is 0 Å². The standard InChI is InChI=1S/C7H6BrFO/c1-4-2-3-5(10)6(8)7(4)9/h2-3,10H,1H3. The molecule has 0 bridgehead atoms. The smallest absolute Gasteiger partial charge is 0.144 e. The number of benzene rings is 1. The topological polar surface area (TPSA) is 20.2 Å². The molecule has 0 heterocycles. The Hall–Kier alpha value is -0.570. The van der Waals surface area contributed by atoms with E-state index in [1.54, 1.807) is 6.92 Å². The third-order valence-corrected chi connectivity index (χ3v) is 2.01. The zero-order valence-corrected chi connectivity index (χ0v) is 6.94. The average Bonchev–Trinajstić information content (AvgIpc) is 1.93. The number of phenols is 1. The summed E-state index contributed by atoms with van der Waals surface area (Å²) in [6, 6.07) is 2.97. The number of aryl methyl sites for hydroxylation is 1. The molecule has 0 aliphatic heterocycles. The van der Waals surface area contributed by atoms with Gasteiger partial charge in [0.25, 0.3) is 0 Å². The number of hydrogen-bond donors (Lipinski definition) is 1. The average molecular weight is 205 g/mol. The number of hydrogen-bond acceptors (Lipinski definition) is 1. The van der Waals surface area contributed by atoms with E-state index in [0.717, 1.165) is 0 Å². The summed E-state index contributed by atoms with van der Waals surface area (Å²) in [6.45, 7) is 1.64. The Balaban J connectivity index is 3.34. The van der Waals surface area contributed by atoms with Gasteiger partial charge in [0.15, 0.2) is 0 Å². The van der Waals surface area contributed by atoms with Gasteiger partial charge < -0.3 is 5.11 Å². The van der Waals surface area contributed by atoms with Crippen LogP contribution in [0.2, 0.25) is 0 Å². The molecule has 1 aromatic rings. The first kappa shape index (κ1) is 7.54. The van der Waals surface area contributed by atoms with Crippen molar-refractivity contribution < 1.29 is 9.50 Å². The van der Waals surface area contributed by atoms with Crippen molar-refractivity contribution in [3.05, 3.63) is 28.0 Å². The van der Waals surface area contributed by atoms with Gasteiger partial charge >= 0.3 is 0 Å². The molecule has 0 saturated carbocycles. The number of phenolic OH excluding ortho intramolecular Hbond substituents is 1. The second-order valence-corrected chi connectivity index (χ2v) is 2.82. The van der Waals surface area contributed by atoms with Gasteiger partial charge in [0.1, 0.15) is 11.6 Å². The summed E-state index contributed by atoms with van der Waals surface area (Å²) in [4.78, 5) is 0. The van der Waals surface area contributed by atoms with Crippen molar-refractivity contribution in [2.24, 2.45) is 0 Å². The minimum atomic E-state index is -0.403. The molecule has 10 heavy (non-hydrogen) atoms. The maximum atomic E-state index is 12.8. The quantitative estimate of drug-likeness (QED) is 0.690. The first-order chi connectivity index (χ1) is 4.63. The summed E-state index contributed by atoms with van der Waals surface area (Å²) < 4.78 is 12.9. The van der Waals surface area contributed by atoms with E-state index in [1.165, 1.54) is 12.1 Å². The molecule has 3 heteroatoms. The Morgan fingerprint density at radius 2 is 2.10 bits per heavy atom. The van der Waals surface area contributed by atoms with Gasteiger partial charge in [-0.1, -0.05) is 6.07 Å². The molecule has 1 nitrogen and oxygen atoms in total. The molecule has 0 aromatic heterocycles. The Bertz CT molecular complexity index is 233. The second kappa shape index (κ2) is 2.58. The lowest BCUT2D eigenvalue weighted by molar-refractivity contribution is 0.463. The van der Waals surface area contributed by atoms with Crippen LogP contribution in [0.15, 0.2) is 16.6 Å². The van der Waals surface area contributed by atoms with Crippen molar-refractivity contribution in [1.82, 2.24) is 0 Å². The maximum Gasteiger partial charge on any atom is 0.144 e. The third kappa shape index (κ3) is 1.14. The highest BCUT2D eigenvalue weighted by Crippen LogP contribution is 2.27. The van der Waals surface area contributed by atoms with Crippen LogP contribution >= 0.6 is 15.9 Å². The molecule has 0 fully saturated rings. The monoisotopic (exact) mass is 204 g/mol. The van der Waals surface area contributed by atoms with E-state index in [4.69, 9.17) is 5.11 Å². The van der Waals surface area contributed by atoms with Gasteiger partial charge in [-0.2, -0.15) is 0 Å². The number of rotatable bonds is 0. The summed E-state index contributed by atoms with van der Waals surface area (Å²) in [7, 11) is 0. The third-order valence-electron chi connectivity index (χ3n) is 1.26. The lowest BCUT2D eigenvalue weighted by Gasteiger charge is -1.99. The molecule has 1 aromatic carbocycles. The van der Waals surface area contributed by atoms with E-state index >= 15 is 0 Å². The fraction of sp³-hybridized carbons (Fsp3) is 0.143. The molecule has 0 unspecified atom stereocenters. The van der Waals surface area contributed by atoms with Crippen LogP contribution < -0.4 is 0 Å². The molecule has 0 atom stereocenters.